The van der Waals surface area contributed by atoms with Crippen LogP contribution in [0.2, 0.25) is 0 Å². The number of pyridine rings is 1. The van der Waals surface area contributed by atoms with Gasteiger partial charge in [0.25, 0.3) is 0 Å². The second-order valence-corrected chi connectivity index (χ2v) is 6.24. The van der Waals surface area contributed by atoms with Crippen LogP contribution in [0.5, 0.6) is 11.6 Å². The summed E-state index contributed by atoms with van der Waals surface area (Å²) in [4.78, 5) is 18.7. The molecule has 0 aliphatic carbocycles. The lowest BCUT2D eigenvalue weighted by Gasteiger charge is -2.17. The lowest BCUT2D eigenvalue weighted by Crippen LogP contribution is -2.32. The zero-order valence-corrected chi connectivity index (χ0v) is 14.8. The third kappa shape index (κ3) is 4.72. The van der Waals surface area contributed by atoms with Crippen molar-refractivity contribution in [2.45, 2.75) is 32.8 Å². The maximum absolute atomic E-state index is 12.5. The van der Waals surface area contributed by atoms with Gasteiger partial charge in [-0.2, -0.15) is 0 Å². The molecule has 1 aromatic carbocycles. The topological polar surface area (TPSA) is 51.7 Å². The first kappa shape index (κ1) is 17.3. The van der Waals surface area contributed by atoms with Crippen molar-refractivity contribution >= 4 is 5.91 Å². The molecule has 1 amide bonds. The van der Waals surface area contributed by atoms with Crippen LogP contribution in [0.3, 0.4) is 0 Å². The number of rotatable bonds is 6. The maximum atomic E-state index is 12.5. The van der Waals surface area contributed by atoms with Crippen molar-refractivity contribution in [1.82, 2.24) is 9.88 Å². The van der Waals surface area contributed by atoms with Gasteiger partial charge >= 0.3 is 0 Å². The number of ether oxygens (including phenoxy) is 2. The summed E-state index contributed by atoms with van der Waals surface area (Å²) in [6.07, 6.45) is 1.26. The standard InChI is InChI=1S/C20H24N2O3/c1-3-24-17-9-7-16(8-10-17)13-20(23)22-12-11-18(14-22)25-19-6-4-5-15(2)21-19/h4-10,18H,3,11-14H2,1-2H3. The third-order valence-corrected chi connectivity index (χ3v) is 4.24. The first-order valence-electron chi connectivity index (χ1n) is 8.74. The number of amides is 1. The van der Waals surface area contributed by atoms with Crippen LogP contribution in [0.1, 0.15) is 24.6 Å². The molecule has 0 N–H and O–H groups in total. The molecule has 1 aromatic heterocycles. The molecule has 2 aromatic rings. The Morgan fingerprint density at radius 2 is 2.04 bits per heavy atom. The van der Waals surface area contributed by atoms with E-state index in [1.54, 1.807) is 0 Å². The van der Waals surface area contributed by atoms with Crippen molar-refractivity contribution < 1.29 is 14.3 Å². The summed E-state index contributed by atoms with van der Waals surface area (Å²) in [7, 11) is 0. The number of carbonyl (C=O) groups is 1. The van der Waals surface area contributed by atoms with Gasteiger partial charge in [-0.1, -0.05) is 18.2 Å². The van der Waals surface area contributed by atoms with E-state index >= 15 is 0 Å². The van der Waals surface area contributed by atoms with Crippen molar-refractivity contribution in [3.05, 3.63) is 53.7 Å². The lowest BCUT2D eigenvalue weighted by molar-refractivity contribution is -0.129. The summed E-state index contributed by atoms with van der Waals surface area (Å²) in [5, 5.41) is 0. The molecule has 0 spiro atoms. The van der Waals surface area contributed by atoms with Gasteiger partial charge < -0.3 is 14.4 Å². The molecule has 1 saturated heterocycles. The van der Waals surface area contributed by atoms with Crippen LogP contribution in [-0.2, 0) is 11.2 Å². The molecule has 3 rings (SSSR count). The van der Waals surface area contributed by atoms with E-state index in [1.807, 2.05) is 61.2 Å². The average molecular weight is 340 g/mol. The van der Waals surface area contributed by atoms with Crippen LogP contribution < -0.4 is 9.47 Å². The minimum Gasteiger partial charge on any atom is -0.494 e. The summed E-state index contributed by atoms with van der Waals surface area (Å²) in [6, 6.07) is 13.4. The first-order chi connectivity index (χ1) is 12.1. The van der Waals surface area contributed by atoms with E-state index < -0.39 is 0 Å². The highest BCUT2D eigenvalue weighted by Crippen LogP contribution is 2.19. The van der Waals surface area contributed by atoms with Gasteiger partial charge in [-0.05, 0) is 37.6 Å². The largest absolute Gasteiger partial charge is 0.494 e. The highest BCUT2D eigenvalue weighted by Gasteiger charge is 2.27. The summed E-state index contributed by atoms with van der Waals surface area (Å²) in [5.41, 5.74) is 1.93. The number of aromatic nitrogens is 1. The summed E-state index contributed by atoms with van der Waals surface area (Å²) in [6.45, 7) is 5.88. The number of hydrogen-bond acceptors (Lipinski definition) is 4. The van der Waals surface area contributed by atoms with E-state index in [-0.39, 0.29) is 12.0 Å². The average Bonchev–Trinajstić information content (AvgIpc) is 3.05. The summed E-state index contributed by atoms with van der Waals surface area (Å²) >= 11 is 0. The van der Waals surface area contributed by atoms with Gasteiger partial charge in [0.15, 0.2) is 0 Å². The molecule has 132 valence electrons. The number of carbonyl (C=O) groups excluding carboxylic acids is 1. The molecule has 1 atom stereocenters. The SMILES string of the molecule is CCOc1ccc(CC(=O)N2CCC(Oc3cccc(C)n3)C2)cc1. The number of likely N-dealkylation sites (tertiary alicyclic amines) is 1. The summed E-state index contributed by atoms with van der Waals surface area (Å²) < 4.78 is 11.3. The van der Waals surface area contributed by atoms with Crippen molar-refractivity contribution in [1.29, 1.82) is 0 Å². The zero-order chi connectivity index (χ0) is 17.6. The van der Waals surface area contributed by atoms with E-state index in [4.69, 9.17) is 9.47 Å². The van der Waals surface area contributed by atoms with Crippen molar-refractivity contribution in [2.24, 2.45) is 0 Å². The van der Waals surface area contributed by atoms with Crippen molar-refractivity contribution in [3.8, 4) is 11.6 Å². The Kier molecular flexibility index (Phi) is 5.53. The maximum Gasteiger partial charge on any atom is 0.227 e. The van der Waals surface area contributed by atoms with E-state index in [2.05, 4.69) is 4.98 Å². The molecule has 5 heteroatoms. The van der Waals surface area contributed by atoms with Crippen LogP contribution in [0.4, 0.5) is 0 Å². The van der Waals surface area contributed by atoms with Crippen LogP contribution >= 0.6 is 0 Å². The van der Waals surface area contributed by atoms with Gasteiger partial charge in [-0.15, -0.1) is 0 Å². The predicted molar refractivity (Wildman–Crippen MR) is 95.9 cm³/mol. The Morgan fingerprint density at radius 1 is 1.24 bits per heavy atom. The number of hydrogen-bond donors (Lipinski definition) is 0. The third-order valence-electron chi connectivity index (χ3n) is 4.24. The van der Waals surface area contributed by atoms with Crippen molar-refractivity contribution in [2.75, 3.05) is 19.7 Å². The fourth-order valence-corrected chi connectivity index (χ4v) is 2.96. The minimum absolute atomic E-state index is 0.0126. The van der Waals surface area contributed by atoms with E-state index in [1.165, 1.54) is 0 Å². The second-order valence-electron chi connectivity index (χ2n) is 6.24. The lowest BCUT2D eigenvalue weighted by atomic mass is 10.1. The molecule has 0 saturated carbocycles. The number of aryl methyl sites for hydroxylation is 1. The van der Waals surface area contributed by atoms with Crippen molar-refractivity contribution in [3.63, 3.8) is 0 Å². The van der Waals surface area contributed by atoms with Crippen LogP contribution in [0, 0.1) is 6.92 Å². The second kappa shape index (κ2) is 8.01. The zero-order valence-electron chi connectivity index (χ0n) is 14.8. The van der Waals surface area contributed by atoms with Gasteiger partial charge in [-0.25, -0.2) is 4.98 Å². The Bertz CT molecular complexity index is 715. The Labute approximate surface area is 148 Å². The number of nitrogens with zero attached hydrogens (tertiary/aromatic N) is 2. The molecule has 1 fully saturated rings. The smallest absolute Gasteiger partial charge is 0.227 e. The van der Waals surface area contributed by atoms with E-state index in [0.29, 0.717) is 25.5 Å². The molecule has 25 heavy (non-hydrogen) atoms. The highest BCUT2D eigenvalue weighted by molar-refractivity contribution is 5.79. The van der Waals surface area contributed by atoms with Gasteiger partial charge in [-0.3, -0.25) is 4.79 Å². The van der Waals surface area contributed by atoms with Crippen LogP contribution in [0.25, 0.3) is 0 Å². The molecular weight excluding hydrogens is 316 g/mol. The predicted octanol–water partition coefficient (Wildman–Crippen LogP) is 3.01. The van der Waals surface area contributed by atoms with E-state index in [0.717, 1.165) is 30.0 Å². The molecule has 2 heterocycles. The van der Waals surface area contributed by atoms with Gasteiger partial charge in [0.2, 0.25) is 11.8 Å². The van der Waals surface area contributed by atoms with Gasteiger partial charge in [0.1, 0.15) is 11.9 Å². The fourth-order valence-electron chi connectivity index (χ4n) is 2.96. The van der Waals surface area contributed by atoms with Gasteiger partial charge in [0.05, 0.1) is 19.6 Å². The molecule has 0 radical (unpaired) electrons. The quantitative estimate of drug-likeness (QED) is 0.811. The normalized spacial score (nSPS) is 16.7. The fraction of sp³-hybridized carbons (Fsp3) is 0.400. The Hall–Kier alpha value is -2.56. The van der Waals surface area contributed by atoms with Gasteiger partial charge in [0, 0.05) is 24.7 Å². The molecule has 1 unspecified atom stereocenters. The summed E-state index contributed by atoms with van der Waals surface area (Å²) in [5.74, 6) is 1.59. The molecule has 0 bridgehead atoms. The Morgan fingerprint density at radius 3 is 2.76 bits per heavy atom. The highest BCUT2D eigenvalue weighted by atomic mass is 16.5. The monoisotopic (exact) mass is 340 g/mol. The molecular formula is C20H24N2O3. The number of benzene rings is 1. The van der Waals surface area contributed by atoms with Crippen LogP contribution in [0.15, 0.2) is 42.5 Å². The molecule has 1 aliphatic rings. The van der Waals surface area contributed by atoms with Crippen LogP contribution in [-0.4, -0.2) is 41.6 Å². The molecule has 1 aliphatic heterocycles. The van der Waals surface area contributed by atoms with E-state index in [9.17, 15) is 4.79 Å². The molecule has 5 nitrogen and oxygen atoms in total. The Balaban J connectivity index is 1.51. The minimum atomic E-state index is 0.0126. The first-order valence-corrected chi connectivity index (χ1v) is 8.74.